The van der Waals surface area contributed by atoms with Crippen LogP contribution in [0.3, 0.4) is 0 Å². The van der Waals surface area contributed by atoms with Crippen LogP contribution in [0.25, 0.3) is 0 Å². The number of quaternary nitrogens is 3. The number of hydrogen-bond acceptors (Lipinski definition) is 8. The van der Waals surface area contributed by atoms with Crippen molar-refractivity contribution in [3.05, 3.63) is 0 Å². The minimum Gasteiger partial charge on any atom is -0.544 e. The molecule has 0 aliphatic rings. The molecule has 14 nitrogen and oxygen atoms in total. The van der Waals surface area contributed by atoms with E-state index in [9.17, 15) is 39.3 Å². The third-order valence-corrected chi connectivity index (χ3v) is 4.23. The second-order valence-corrected chi connectivity index (χ2v) is 6.60. The number of likely N-dealkylation sites (N-methyl/N-ethyl adjacent to an activating group) is 2. The van der Waals surface area contributed by atoms with Gasteiger partial charge in [-0.25, -0.2) is 0 Å². The molecule has 0 aromatic carbocycles. The molecule has 2 atom stereocenters. The first-order valence-electron chi connectivity index (χ1n) is 9.08. The van der Waals surface area contributed by atoms with Crippen molar-refractivity contribution in [1.82, 2.24) is 10.6 Å². The first-order valence-corrected chi connectivity index (χ1v) is 9.08. The standard InChI is InChI=1S/C16H29N5O8.Gd.H2O/c1-17-12(22)7-20(10-15(26)27)5-3-19(9-14(24)25)4-6-21(11-16(28)29)8-13(23)18-2;;/h3-11H2,1-2H3,(H,17,22)(H,18,23)(H,24,25)(H,26,27)(H,28,29);;1H2/q;+3;. The predicted molar refractivity (Wildman–Crippen MR) is 93.5 cm³/mol. The van der Waals surface area contributed by atoms with Gasteiger partial charge in [0, 0.05) is 14.1 Å². The third kappa shape index (κ3) is 19.0. The summed E-state index contributed by atoms with van der Waals surface area (Å²) in [6.45, 7) is -0.792. The minimum absolute atomic E-state index is 0. The summed E-state index contributed by atoms with van der Waals surface area (Å²) in [7, 11) is 2.82. The molecular formula is C16H31GdN5O9+3. The van der Waals surface area contributed by atoms with Gasteiger partial charge in [-0.05, 0) is 0 Å². The number of aliphatic carboxylic acids is 3. The van der Waals surface area contributed by atoms with Crippen LogP contribution in [0.4, 0.5) is 0 Å². The van der Waals surface area contributed by atoms with Gasteiger partial charge in [-0.3, -0.25) is 9.59 Å². The number of rotatable bonds is 16. The molecule has 0 heterocycles. The number of carbonyl (C=O) groups excluding carboxylic acids is 5. The van der Waals surface area contributed by atoms with Crippen LogP contribution < -0.4 is 40.7 Å². The van der Waals surface area contributed by atoms with Gasteiger partial charge in [-0.1, -0.05) is 0 Å². The number of nitrogens with one attached hydrogen (secondary N) is 5. The van der Waals surface area contributed by atoms with Crippen molar-refractivity contribution >= 4 is 29.7 Å². The maximum Gasteiger partial charge on any atom is 3.00 e. The summed E-state index contributed by atoms with van der Waals surface area (Å²) >= 11 is 0. The molecule has 0 bridgehead atoms. The fourth-order valence-corrected chi connectivity index (χ4v) is 2.73. The maximum atomic E-state index is 11.5. The van der Waals surface area contributed by atoms with E-state index in [-0.39, 0.29) is 96.5 Å². The van der Waals surface area contributed by atoms with Crippen LogP contribution in [0.15, 0.2) is 0 Å². The molecule has 31 heavy (non-hydrogen) atoms. The molecule has 0 aromatic heterocycles. The average molecular weight is 595 g/mol. The number of carbonyl (C=O) groups is 5. The average Bonchev–Trinajstić information content (AvgIpc) is 2.61. The molecule has 2 unspecified atom stereocenters. The molecule has 0 saturated heterocycles. The summed E-state index contributed by atoms with van der Waals surface area (Å²) < 4.78 is 0. The molecule has 0 aliphatic carbocycles. The van der Waals surface area contributed by atoms with E-state index >= 15 is 0 Å². The normalized spacial score (nSPS) is 12.8. The first kappa shape index (κ1) is 34.1. The Labute approximate surface area is 211 Å². The summed E-state index contributed by atoms with van der Waals surface area (Å²) in [5.74, 6) is -4.78. The van der Waals surface area contributed by atoms with E-state index in [2.05, 4.69) is 10.6 Å². The van der Waals surface area contributed by atoms with Gasteiger partial charge in [0.1, 0.15) is 45.8 Å². The van der Waals surface area contributed by atoms with Gasteiger partial charge in [0.15, 0.2) is 13.1 Å². The van der Waals surface area contributed by atoms with E-state index < -0.39 is 37.5 Å². The molecule has 0 aliphatic heterocycles. The van der Waals surface area contributed by atoms with Crippen molar-refractivity contribution in [2.24, 2.45) is 0 Å². The molecule has 0 saturated carbocycles. The maximum absolute atomic E-state index is 11.5. The molecule has 2 amide bonds. The Kier molecular flexibility index (Phi) is 21.2. The molecule has 15 heteroatoms. The molecule has 0 aromatic rings. The van der Waals surface area contributed by atoms with E-state index in [4.69, 9.17) is 0 Å². The summed E-state index contributed by atoms with van der Waals surface area (Å²) in [6, 6.07) is 0. The number of amides is 2. The quantitative estimate of drug-likeness (QED) is 0.115. The monoisotopic (exact) mass is 595 g/mol. The number of hydrogen-bond donors (Lipinski definition) is 5. The fraction of sp³-hybridized carbons (Fsp3) is 0.688. The zero-order valence-corrected chi connectivity index (χ0v) is 19.8. The van der Waals surface area contributed by atoms with Gasteiger partial charge >= 0.3 is 39.9 Å². The Hall–Kier alpha value is -1.49. The molecular weight excluding hydrogens is 563 g/mol. The minimum atomic E-state index is -1.35. The topological polar surface area (TPSA) is 223 Å². The molecule has 179 valence electrons. The molecule has 0 spiro atoms. The largest absolute Gasteiger partial charge is 3.00 e. The van der Waals surface area contributed by atoms with Crippen molar-refractivity contribution in [3.8, 4) is 0 Å². The smallest absolute Gasteiger partial charge is 0.544 e. The second-order valence-electron chi connectivity index (χ2n) is 6.60. The number of carboxylic acid groups (broad SMARTS) is 3. The fourth-order valence-electron chi connectivity index (χ4n) is 2.73. The van der Waals surface area contributed by atoms with Gasteiger partial charge in [0.05, 0.1) is 17.9 Å². The van der Waals surface area contributed by atoms with Gasteiger partial charge < -0.3 is 60.5 Å². The first-order chi connectivity index (χ1) is 13.6. The summed E-state index contributed by atoms with van der Waals surface area (Å²) in [6.07, 6.45) is 0. The van der Waals surface area contributed by atoms with E-state index in [1.807, 2.05) is 0 Å². The van der Waals surface area contributed by atoms with E-state index in [0.29, 0.717) is 14.7 Å². The van der Waals surface area contributed by atoms with Gasteiger partial charge in [0.2, 0.25) is 0 Å². The predicted octanol–water partition coefficient (Wildman–Crippen LogP) is -12.4. The Morgan fingerprint density at radius 3 is 1.10 bits per heavy atom. The summed E-state index contributed by atoms with van der Waals surface area (Å²) in [4.78, 5) is 57.0. The Balaban J connectivity index is -0.00000392. The van der Waals surface area contributed by atoms with Crippen LogP contribution in [-0.4, -0.2) is 108 Å². The molecule has 1 radical (unpaired) electrons. The van der Waals surface area contributed by atoms with E-state index in [0.717, 1.165) is 0 Å². The summed E-state index contributed by atoms with van der Waals surface area (Å²) in [5, 5.41) is 37.5. The Bertz CT molecular complexity index is 552. The van der Waals surface area contributed by atoms with E-state index in [1.165, 1.54) is 14.1 Å². The van der Waals surface area contributed by atoms with Crippen LogP contribution in [0.5, 0.6) is 0 Å². The third-order valence-electron chi connectivity index (χ3n) is 4.23. The Morgan fingerprint density at radius 2 is 0.839 bits per heavy atom. The molecule has 7 N–H and O–H groups in total. The van der Waals surface area contributed by atoms with Crippen molar-refractivity contribution in [2.45, 2.75) is 0 Å². The van der Waals surface area contributed by atoms with Gasteiger partial charge in [-0.15, -0.1) is 0 Å². The van der Waals surface area contributed by atoms with Crippen LogP contribution in [0.1, 0.15) is 0 Å². The summed E-state index contributed by atoms with van der Waals surface area (Å²) in [5.41, 5.74) is 0. The zero-order valence-electron chi connectivity index (χ0n) is 17.5. The van der Waals surface area contributed by atoms with Crippen LogP contribution in [0, 0.1) is 39.9 Å². The SMILES string of the molecule is CNC(=O)C[NH+](CC[NH+](CC[NH+](CC(=O)[O-])CC(=O)NC)CC(=O)[O-])CC(=O)[O-].O.[Gd+3]. The van der Waals surface area contributed by atoms with Crippen LogP contribution in [-0.2, 0) is 24.0 Å². The van der Waals surface area contributed by atoms with Crippen molar-refractivity contribution in [3.63, 3.8) is 0 Å². The molecule has 0 rings (SSSR count). The van der Waals surface area contributed by atoms with Crippen molar-refractivity contribution in [1.29, 1.82) is 0 Å². The van der Waals surface area contributed by atoms with E-state index in [1.54, 1.807) is 0 Å². The van der Waals surface area contributed by atoms with Crippen molar-refractivity contribution in [2.75, 3.05) is 73.0 Å². The zero-order chi connectivity index (χ0) is 22.4. The van der Waals surface area contributed by atoms with Gasteiger partial charge in [-0.2, -0.15) is 0 Å². The van der Waals surface area contributed by atoms with Crippen molar-refractivity contribution < 1.29 is 99.4 Å². The Morgan fingerprint density at radius 1 is 0.581 bits per heavy atom. The van der Waals surface area contributed by atoms with Crippen LogP contribution in [0.2, 0.25) is 0 Å². The molecule has 0 fully saturated rings. The van der Waals surface area contributed by atoms with Crippen LogP contribution >= 0.6 is 0 Å². The second kappa shape index (κ2) is 19.2. The van der Waals surface area contributed by atoms with Gasteiger partial charge in [0.25, 0.3) is 11.8 Å². The number of carboxylic acids is 3.